The number of benzene rings is 2. The third-order valence-electron chi connectivity index (χ3n) is 5.91. The molecule has 0 aliphatic heterocycles. The normalized spacial score (nSPS) is 11.1. The van der Waals surface area contributed by atoms with Crippen LogP contribution in [0.5, 0.6) is 0 Å². The second-order valence-corrected chi connectivity index (χ2v) is 8.21. The lowest BCUT2D eigenvalue weighted by Crippen LogP contribution is -2.25. The van der Waals surface area contributed by atoms with Crippen LogP contribution in [0.1, 0.15) is 30.3 Å². The lowest BCUT2D eigenvalue weighted by atomic mass is 10.0. The van der Waals surface area contributed by atoms with Crippen molar-refractivity contribution in [1.82, 2.24) is 34.7 Å². The van der Waals surface area contributed by atoms with Gasteiger partial charge in [0, 0.05) is 29.2 Å². The molecule has 0 atom stereocenters. The fraction of sp³-hybridized carbons (Fsp3) is 0.192. The summed E-state index contributed by atoms with van der Waals surface area (Å²) in [5.74, 6) is 0.535. The first-order valence-electron chi connectivity index (χ1n) is 11.3. The van der Waals surface area contributed by atoms with Gasteiger partial charge in [0.2, 0.25) is 5.82 Å². The van der Waals surface area contributed by atoms with Crippen LogP contribution in [0.2, 0.25) is 0 Å². The molecule has 0 radical (unpaired) electrons. The minimum Gasteiger partial charge on any atom is -0.290 e. The zero-order valence-corrected chi connectivity index (χ0v) is 19.1. The minimum atomic E-state index is -0.0499. The quantitative estimate of drug-likeness (QED) is 0.400. The fourth-order valence-corrected chi connectivity index (χ4v) is 4.20. The molecule has 0 fully saturated rings. The standard InChI is InChI=1S/C26H25N7O/c1-3-8-21-17-33(24-12-7-4-9-18(24)2)26(34)32(21)16-20-14-13-19(15-27-20)22-10-5-6-11-23(22)25-28-30-31-29-25/h4-7,9-15,17H,3,8,16H2,1-2H3,(H,28,29,30,31). The van der Waals surface area contributed by atoms with Crippen LogP contribution in [-0.4, -0.2) is 34.7 Å². The van der Waals surface area contributed by atoms with E-state index < -0.39 is 0 Å². The number of hydrogen-bond donors (Lipinski definition) is 1. The SMILES string of the molecule is CCCc1cn(-c2ccccc2C)c(=O)n1Cc1ccc(-c2ccccc2-c2nn[nH]n2)cn1. The van der Waals surface area contributed by atoms with Crippen LogP contribution in [0.3, 0.4) is 0 Å². The Kier molecular flexibility index (Phi) is 5.86. The first kappa shape index (κ1) is 21.5. The van der Waals surface area contributed by atoms with E-state index >= 15 is 0 Å². The number of H-pyrrole nitrogens is 1. The lowest BCUT2D eigenvalue weighted by Gasteiger charge is -2.09. The predicted molar refractivity (Wildman–Crippen MR) is 131 cm³/mol. The van der Waals surface area contributed by atoms with Crippen molar-refractivity contribution in [3.63, 3.8) is 0 Å². The predicted octanol–water partition coefficient (Wildman–Crippen LogP) is 4.19. The summed E-state index contributed by atoms with van der Waals surface area (Å²) < 4.78 is 3.57. The molecule has 0 aliphatic carbocycles. The zero-order valence-electron chi connectivity index (χ0n) is 19.1. The summed E-state index contributed by atoms with van der Waals surface area (Å²) in [6, 6.07) is 19.8. The zero-order chi connectivity index (χ0) is 23.5. The molecule has 5 aromatic rings. The van der Waals surface area contributed by atoms with E-state index in [-0.39, 0.29) is 5.69 Å². The Labute approximate surface area is 196 Å². The Morgan fingerprint density at radius 1 is 0.971 bits per heavy atom. The van der Waals surface area contributed by atoms with Crippen LogP contribution >= 0.6 is 0 Å². The van der Waals surface area contributed by atoms with Crippen LogP contribution < -0.4 is 5.69 Å². The van der Waals surface area contributed by atoms with Crippen molar-refractivity contribution in [3.8, 4) is 28.2 Å². The van der Waals surface area contributed by atoms with Crippen LogP contribution in [0.15, 0.2) is 77.9 Å². The highest BCUT2D eigenvalue weighted by atomic mass is 16.1. The van der Waals surface area contributed by atoms with E-state index in [1.807, 2.05) is 84.5 Å². The van der Waals surface area contributed by atoms with Crippen LogP contribution in [0, 0.1) is 6.92 Å². The summed E-state index contributed by atoms with van der Waals surface area (Å²) in [6.07, 6.45) is 5.57. The molecule has 0 unspecified atom stereocenters. The maximum atomic E-state index is 13.4. The Balaban J connectivity index is 1.48. The number of aromatic nitrogens is 7. The molecule has 34 heavy (non-hydrogen) atoms. The van der Waals surface area contributed by atoms with Gasteiger partial charge in [0.05, 0.1) is 17.9 Å². The number of pyridine rings is 1. The second kappa shape index (κ2) is 9.27. The topological polar surface area (TPSA) is 94.3 Å². The number of tetrazole rings is 1. The number of aryl methyl sites for hydroxylation is 2. The van der Waals surface area contributed by atoms with E-state index in [0.717, 1.165) is 52.2 Å². The van der Waals surface area contributed by atoms with E-state index in [1.165, 1.54) is 0 Å². The van der Waals surface area contributed by atoms with Gasteiger partial charge in [0.15, 0.2) is 0 Å². The monoisotopic (exact) mass is 451 g/mol. The molecule has 0 spiro atoms. The molecule has 2 aromatic carbocycles. The first-order valence-corrected chi connectivity index (χ1v) is 11.3. The third kappa shape index (κ3) is 4.05. The molecule has 8 heteroatoms. The number of para-hydroxylation sites is 1. The summed E-state index contributed by atoms with van der Waals surface area (Å²) in [4.78, 5) is 18.0. The summed E-state index contributed by atoms with van der Waals surface area (Å²) >= 11 is 0. The van der Waals surface area contributed by atoms with E-state index in [2.05, 4.69) is 32.5 Å². The van der Waals surface area contributed by atoms with Gasteiger partial charge >= 0.3 is 5.69 Å². The van der Waals surface area contributed by atoms with Gasteiger partial charge in [-0.2, -0.15) is 5.21 Å². The molecule has 170 valence electrons. The summed E-state index contributed by atoms with van der Waals surface area (Å²) in [5, 5.41) is 14.4. The highest BCUT2D eigenvalue weighted by Crippen LogP contribution is 2.29. The molecular formula is C26H25N7O. The van der Waals surface area contributed by atoms with Gasteiger partial charge in [-0.15, -0.1) is 10.2 Å². The highest BCUT2D eigenvalue weighted by molar-refractivity contribution is 5.79. The summed E-state index contributed by atoms with van der Waals surface area (Å²) in [5.41, 5.74) is 6.54. The number of aromatic amines is 1. The fourth-order valence-electron chi connectivity index (χ4n) is 4.20. The molecular weight excluding hydrogens is 426 g/mol. The van der Waals surface area contributed by atoms with E-state index in [4.69, 9.17) is 0 Å². The number of imidazole rings is 1. The molecule has 0 bridgehead atoms. The Hall–Kier alpha value is -4.33. The first-order chi connectivity index (χ1) is 16.7. The van der Waals surface area contributed by atoms with Crippen molar-refractivity contribution in [2.24, 2.45) is 0 Å². The number of rotatable bonds is 7. The van der Waals surface area contributed by atoms with Gasteiger partial charge in [-0.3, -0.25) is 14.1 Å². The maximum Gasteiger partial charge on any atom is 0.333 e. The molecule has 0 saturated carbocycles. The smallest absolute Gasteiger partial charge is 0.290 e. The van der Waals surface area contributed by atoms with Crippen molar-refractivity contribution < 1.29 is 0 Å². The van der Waals surface area contributed by atoms with Gasteiger partial charge in [0.25, 0.3) is 0 Å². The Bertz CT molecular complexity index is 1460. The van der Waals surface area contributed by atoms with Gasteiger partial charge in [0.1, 0.15) is 0 Å². The van der Waals surface area contributed by atoms with E-state index in [9.17, 15) is 4.79 Å². The Morgan fingerprint density at radius 2 is 1.76 bits per heavy atom. The average molecular weight is 452 g/mol. The molecule has 3 aromatic heterocycles. The Morgan fingerprint density at radius 3 is 2.47 bits per heavy atom. The largest absolute Gasteiger partial charge is 0.333 e. The lowest BCUT2D eigenvalue weighted by molar-refractivity contribution is 0.679. The minimum absolute atomic E-state index is 0.0499. The average Bonchev–Trinajstić information content (AvgIpc) is 3.50. The molecule has 8 nitrogen and oxygen atoms in total. The number of hydrogen-bond acceptors (Lipinski definition) is 5. The van der Waals surface area contributed by atoms with E-state index in [0.29, 0.717) is 12.4 Å². The maximum absolute atomic E-state index is 13.4. The van der Waals surface area contributed by atoms with Crippen molar-refractivity contribution in [3.05, 3.63) is 100 Å². The van der Waals surface area contributed by atoms with Gasteiger partial charge in [-0.25, -0.2) is 4.79 Å². The second-order valence-electron chi connectivity index (χ2n) is 8.21. The van der Waals surface area contributed by atoms with Gasteiger partial charge < -0.3 is 0 Å². The van der Waals surface area contributed by atoms with Gasteiger partial charge in [-0.1, -0.05) is 61.9 Å². The van der Waals surface area contributed by atoms with Crippen LogP contribution in [0.25, 0.3) is 28.2 Å². The van der Waals surface area contributed by atoms with Crippen molar-refractivity contribution in [2.75, 3.05) is 0 Å². The molecule has 3 heterocycles. The molecule has 0 saturated heterocycles. The van der Waals surface area contributed by atoms with Gasteiger partial charge in [-0.05, 0) is 41.8 Å². The summed E-state index contributed by atoms with van der Waals surface area (Å²) in [7, 11) is 0. The molecule has 0 aliphatic rings. The number of nitrogens with one attached hydrogen (secondary N) is 1. The van der Waals surface area contributed by atoms with E-state index in [1.54, 1.807) is 4.57 Å². The van der Waals surface area contributed by atoms with Crippen LogP contribution in [0.4, 0.5) is 0 Å². The highest BCUT2D eigenvalue weighted by Gasteiger charge is 2.15. The summed E-state index contributed by atoms with van der Waals surface area (Å²) in [6.45, 7) is 4.55. The van der Waals surface area contributed by atoms with Crippen molar-refractivity contribution in [2.45, 2.75) is 33.2 Å². The number of nitrogens with zero attached hydrogens (tertiary/aromatic N) is 6. The van der Waals surface area contributed by atoms with Crippen molar-refractivity contribution >= 4 is 0 Å². The molecule has 0 amide bonds. The van der Waals surface area contributed by atoms with Crippen LogP contribution in [-0.2, 0) is 13.0 Å². The third-order valence-corrected chi connectivity index (χ3v) is 5.91. The molecule has 5 rings (SSSR count). The molecule has 1 N–H and O–H groups in total. The van der Waals surface area contributed by atoms with Crippen molar-refractivity contribution in [1.29, 1.82) is 0 Å².